The normalized spacial score (nSPS) is 21.2. The summed E-state index contributed by atoms with van der Waals surface area (Å²) in [5, 5.41) is 44.3. The van der Waals surface area contributed by atoms with E-state index in [1.165, 1.54) is 19.3 Å². The molecule has 1 saturated heterocycles. The Morgan fingerprint density at radius 1 is 0.625 bits per heavy atom. The lowest BCUT2D eigenvalue weighted by Gasteiger charge is -2.23. The number of hydrogen-bond acceptors (Lipinski definition) is 8. The Labute approximate surface area is 281 Å². The van der Waals surface area contributed by atoms with Gasteiger partial charge in [0.1, 0.15) is 23.9 Å². The van der Waals surface area contributed by atoms with Crippen LogP contribution in [0, 0.1) is 5.92 Å². The molecule has 1 aliphatic rings. The number of Topliss-reactive ketones (excluding diaryl/α,β-unsaturated/α-hetero) is 1. The number of rotatable bonds is 12. The van der Waals surface area contributed by atoms with Crippen LogP contribution >= 0.6 is 0 Å². The van der Waals surface area contributed by atoms with Gasteiger partial charge in [-0.25, -0.2) is 14.4 Å². The fourth-order valence-corrected chi connectivity index (χ4v) is 5.59. The Balaban J connectivity index is 3.00. The molecule has 1 fully saturated rings. The molecule has 0 aromatic heterocycles. The molecule has 1 heterocycles. The van der Waals surface area contributed by atoms with Gasteiger partial charge in [-0.3, -0.25) is 24.0 Å². The highest BCUT2D eigenvalue weighted by Crippen LogP contribution is 2.18. The highest BCUT2D eigenvalue weighted by Gasteiger charge is 2.35. The average molecular weight is 684 g/mol. The van der Waals surface area contributed by atoms with E-state index in [9.17, 15) is 53.7 Å². The van der Waals surface area contributed by atoms with Crippen molar-refractivity contribution in [3.63, 3.8) is 0 Å². The van der Waals surface area contributed by atoms with Gasteiger partial charge >= 0.3 is 23.9 Å². The molecule has 1 rings (SSSR count). The number of carbonyl (C=O) groups excluding carboxylic acids is 4. The molecule has 3 amide bonds. The van der Waals surface area contributed by atoms with Gasteiger partial charge in [-0.1, -0.05) is 77.0 Å². The topological polar surface area (TPSA) is 254 Å². The van der Waals surface area contributed by atoms with E-state index < -0.39 is 104 Å². The Kier molecular flexibility index (Phi) is 21.1. The lowest BCUT2D eigenvalue weighted by atomic mass is 9.90. The van der Waals surface area contributed by atoms with Gasteiger partial charge < -0.3 is 36.4 Å². The number of hydrogen-bond donors (Lipinski definition) is 7. The van der Waals surface area contributed by atoms with E-state index in [1.807, 2.05) is 0 Å². The van der Waals surface area contributed by atoms with Crippen molar-refractivity contribution in [3.8, 4) is 0 Å². The molecule has 272 valence electrons. The third kappa shape index (κ3) is 18.9. The molecule has 0 aliphatic carbocycles. The van der Waals surface area contributed by atoms with Crippen LogP contribution in [0.15, 0.2) is 0 Å². The number of aliphatic carboxylic acids is 4. The number of nitrogens with one attached hydrogen (secondary N) is 3. The molecule has 48 heavy (non-hydrogen) atoms. The van der Waals surface area contributed by atoms with Crippen LogP contribution < -0.4 is 16.0 Å². The first-order chi connectivity index (χ1) is 22.8. The van der Waals surface area contributed by atoms with Gasteiger partial charge in [0.25, 0.3) is 0 Å². The molecule has 7 N–H and O–H groups in total. The summed E-state index contributed by atoms with van der Waals surface area (Å²) in [6.45, 7) is 0. The second-order valence-electron chi connectivity index (χ2n) is 12.5. The molecule has 0 spiro atoms. The summed E-state index contributed by atoms with van der Waals surface area (Å²) in [4.78, 5) is 97.8. The molecule has 1 unspecified atom stereocenters. The first-order valence-electron chi connectivity index (χ1n) is 17.1. The van der Waals surface area contributed by atoms with Crippen molar-refractivity contribution >= 4 is 47.4 Å². The standard InChI is InChI=1S/C33H53N3O12/c37-26-15-13-11-9-7-5-3-1-2-4-6-8-10-12-14-16-27(38)35-25(33(47)48)21-22(26)30(42)36-24(32(45)46)17-19-28(39)34-23(31(43)44)18-20-29(40)41/h22-25H,1-21H2,(H,34,39)(H,35,38)(H,36,42)(H,40,41)(H,43,44)(H,45,46)(H,47,48)/t22?,23-,24-,25-/m0/s1. The molecule has 4 atom stereocenters. The van der Waals surface area contributed by atoms with Crippen LogP contribution in [-0.4, -0.2) is 85.9 Å². The fourth-order valence-electron chi connectivity index (χ4n) is 5.59. The average Bonchev–Trinajstić information content (AvgIpc) is 3.01. The lowest BCUT2D eigenvalue weighted by molar-refractivity contribution is -0.146. The molecule has 1 aliphatic heterocycles. The number of ketones is 1. The molecule has 0 aromatic rings. The smallest absolute Gasteiger partial charge is 0.326 e. The summed E-state index contributed by atoms with van der Waals surface area (Å²) in [6.07, 6.45) is 10.8. The Morgan fingerprint density at radius 3 is 1.52 bits per heavy atom. The Hall–Kier alpha value is -4.04. The molecular formula is C33H53N3O12. The van der Waals surface area contributed by atoms with E-state index in [2.05, 4.69) is 16.0 Å². The van der Waals surface area contributed by atoms with Gasteiger partial charge in [0, 0.05) is 25.7 Å². The molecular weight excluding hydrogens is 630 g/mol. The van der Waals surface area contributed by atoms with E-state index in [0.29, 0.717) is 12.8 Å². The van der Waals surface area contributed by atoms with Crippen molar-refractivity contribution in [1.29, 1.82) is 0 Å². The van der Waals surface area contributed by atoms with Gasteiger partial charge in [-0.15, -0.1) is 0 Å². The summed E-state index contributed by atoms with van der Waals surface area (Å²) in [6, 6.07) is -4.80. The Bertz CT molecular complexity index is 1100. The van der Waals surface area contributed by atoms with E-state index in [0.717, 1.165) is 57.8 Å². The SMILES string of the molecule is O=C(O)CC[C@H](NC(=O)CC[C@H](NC(=O)C1C[C@@H](C(=O)O)NC(=O)CCCCCCCCCCCCCCCCC1=O)C(=O)O)C(=O)O. The molecule has 0 radical (unpaired) electrons. The van der Waals surface area contributed by atoms with Crippen LogP contribution in [0.1, 0.15) is 135 Å². The van der Waals surface area contributed by atoms with Crippen LogP contribution in [0.2, 0.25) is 0 Å². The van der Waals surface area contributed by atoms with Gasteiger partial charge in [-0.2, -0.15) is 0 Å². The zero-order valence-corrected chi connectivity index (χ0v) is 27.7. The summed E-state index contributed by atoms with van der Waals surface area (Å²) in [5.41, 5.74) is 0. The van der Waals surface area contributed by atoms with Crippen LogP contribution in [0.3, 0.4) is 0 Å². The minimum atomic E-state index is -1.69. The minimum Gasteiger partial charge on any atom is -0.481 e. The molecule has 0 saturated carbocycles. The van der Waals surface area contributed by atoms with Crippen molar-refractivity contribution < 1.29 is 58.8 Å². The zero-order valence-electron chi connectivity index (χ0n) is 27.7. The predicted molar refractivity (Wildman–Crippen MR) is 172 cm³/mol. The predicted octanol–water partition coefficient (Wildman–Crippen LogP) is 3.17. The van der Waals surface area contributed by atoms with Gasteiger partial charge in [0.05, 0.1) is 5.92 Å². The minimum absolute atomic E-state index is 0.0502. The van der Waals surface area contributed by atoms with Crippen LogP contribution in [0.5, 0.6) is 0 Å². The van der Waals surface area contributed by atoms with Crippen molar-refractivity contribution in [2.75, 3.05) is 0 Å². The van der Waals surface area contributed by atoms with Crippen molar-refractivity contribution in [2.45, 2.75) is 153 Å². The Morgan fingerprint density at radius 2 is 1.06 bits per heavy atom. The second kappa shape index (κ2) is 24.2. The number of carboxylic acid groups (broad SMARTS) is 4. The maximum Gasteiger partial charge on any atom is 0.326 e. The number of carboxylic acids is 4. The van der Waals surface area contributed by atoms with E-state index in [4.69, 9.17) is 5.11 Å². The van der Waals surface area contributed by atoms with Crippen LogP contribution in [-0.2, 0) is 38.4 Å². The largest absolute Gasteiger partial charge is 0.481 e. The third-order valence-corrected chi connectivity index (χ3v) is 8.44. The highest BCUT2D eigenvalue weighted by atomic mass is 16.4. The highest BCUT2D eigenvalue weighted by molar-refractivity contribution is 6.03. The van der Waals surface area contributed by atoms with Crippen molar-refractivity contribution in [3.05, 3.63) is 0 Å². The lowest BCUT2D eigenvalue weighted by Crippen LogP contribution is -2.49. The van der Waals surface area contributed by atoms with Crippen molar-refractivity contribution in [2.24, 2.45) is 5.92 Å². The summed E-state index contributed by atoms with van der Waals surface area (Å²) in [5.74, 6) is -10.4. The summed E-state index contributed by atoms with van der Waals surface area (Å²) < 4.78 is 0. The molecule has 15 nitrogen and oxygen atoms in total. The summed E-state index contributed by atoms with van der Waals surface area (Å²) >= 11 is 0. The van der Waals surface area contributed by atoms with E-state index in [-0.39, 0.29) is 12.8 Å². The van der Waals surface area contributed by atoms with Crippen LogP contribution in [0.4, 0.5) is 0 Å². The number of amides is 3. The monoisotopic (exact) mass is 683 g/mol. The second-order valence-corrected chi connectivity index (χ2v) is 12.5. The van der Waals surface area contributed by atoms with E-state index >= 15 is 0 Å². The third-order valence-electron chi connectivity index (χ3n) is 8.44. The molecule has 0 aromatic carbocycles. The van der Waals surface area contributed by atoms with Gasteiger partial charge in [0.2, 0.25) is 17.7 Å². The number of carbonyl (C=O) groups is 8. The van der Waals surface area contributed by atoms with Gasteiger partial charge in [0.15, 0.2) is 0 Å². The van der Waals surface area contributed by atoms with Gasteiger partial charge in [-0.05, 0) is 32.1 Å². The first-order valence-corrected chi connectivity index (χ1v) is 17.1. The van der Waals surface area contributed by atoms with E-state index in [1.54, 1.807) is 0 Å². The first kappa shape index (κ1) is 42.0. The van der Waals surface area contributed by atoms with Crippen molar-refractivity contribution in [1.82, 2.24) is 16.0 Å². The fraction of sp³-hybridized carbons (Fsp3) is 0.758. The summed E-state index contributed by atoms with van der Waals surface area (Å²) in [7, 11) is 0. The maximum atomic E-state index is 13.4. The van der Waals surface area contributed by atoms with Crippen LogP contribution in [0.25, 0.3) is 0 Å². The molecule has 15 heteroatoms. The quantitative estimate of drug-likeness (QED) is 0.146. The maximum absolute atomic E-state index is 13.4. The molecule has 0 bridgehead atoms. The zero-order chi connectivity index (χ0) is 35.9.